The summed E-state index contributed by atoms with van der Waals surface area (Å²) in [4.78, 5) is 12.0. The van der Waals surface area contributed by atoms with Crippen molar-refractivity contribution < 1.29 is 19.4 Å². The Kier molecular flexibility index (Phi) is 4.89. The van der Waals surface area contributed by atoms with E-state index in [1.54, 1.807) is 0 Å². The lowest BCUT2D eigenvalue weighted by Gasteiger charge is -2.43. The maximum atomic E-state index is 12.0. The molecule has 3 rings (SSSR count). The Labute approximate surface area is 144 Å². The molecule has 3 aliphatic rings. The average Bonchev–Trinajstić information content (AvgIpc) is 2.77. The van der Waals surface area contributed by atoms with Crippen LogP contribution in [0.1, 0.15) is 66.2 Å². The SMILES string of the molecule is CC1=C2CC[C@H](C)[C@@H]3CC[C@](C)(O)[C@@H](CC/C(C)=C/[C@@H]2OC1=O)O3. The summed E-state index contributed by atoms with van der Waals surface area (Å²) >= 11 is 0. The molecule has 4 nitrogen and oxygen atoms in total. The minimum absolute atomic E-state index is 0.121. The van der Waals surface area contributed by atoms with Gasteiger partial charge in [0.05, 0.1) is 17.8 Å². The van der Waals surface area contributed by atoms with Crippen LogP contribution in [-0.2, 0) is 14.3 Å². The second kappa shape index (κ2) is 6.64. The van der Waals surface area contributed by atoms with Gasteiger partial charge in [-0.2, -0.15) is 0 Å². The lowest BCUT2D eigenvalue weighted by Crippen LogP contribution is -2.49. The Bertz CT molecular complexity index is 572. The number of aliphatic hydroxyl groups is 1. The van der Waals surface area contributed by atoms with Gasteiger partial charge in [-0.05, 0) is 76.9 Å². The molecular weight excluding hydrogens is 304 g/mol. The number of fused-ring (bicyclic) bond motifs is 3. The molecule has 0 unspecified atom stereocenters. The highest BCUT2D eigenvalue weighted by Crippen LogP contribution is 2.38. The number of allylic oxidation sites excluding steroid dienone is 1. The first kappa shape index (κ1) is 17.7. The topological polar surface area (TPSA) is 55.8 Å². The highest BCUT2D eigenvalue weighted by atomic mass is 16.5. The molecule has 1 N–H and O–H groups in total. The van der Waals surface area contributed by atoms with E-state index in [0.717, 1.165) is 49.7 Å². The maximum absolute atomic E-state index is 12.0. The molecular formula is C20H30O4. The lowest BCUT2D eigenvalue weighted by molar-refractivity contribution is -0.181. The fraction of sp³-hybridized carbons (Fsp3) is 0.750. The van der Waals surface area contributed by atoms with Gasteiger partial charge in [0.2, 0.25) is 0 Å². The van der Waals surface area contributed by atoms with Gasteiger partial charge in [-0.1, -0.05) is 12.5 Å². The highest BCUT2D eigenvalue weighted by molar-refractivity contribution is 5.92. The normalized spacial score (nSPS) is 43.2. The van der Waals surface area contributed by atoms with Crippen molar-refractivity contribution in [2.24, 2.45) is 5.92 Å². The predicted molar refractivity (Wildman–Crippen MR) is 92.5 cm³/mol. The molecule has 5 atom stereocenters. The van der Waals surface area contributed by atoms with E-state index in [0.29, 0.717) is 5.92 Å². The molecule has 1 fully saturated rings. The monoisotopic (exact) mass is 334 g/mol. The Balaban J connectivity index is 1.87. The van der Waals surface area contributed by atoms with Gasteiger partial charge in [0.1, 0.15) is 6.10 Å². The Morgan fingerprint density at radius 1 is 1.21 bits per heavy atom. The Morgan fingerprint density at radius 2 is 1.96 bits per heavy atom. The van der Waals surface area contributed by atoms with Crippen LogP contribution in [0.25, 0.3) is 0 Å². The lowest BCUT2D eigenvalue weighted by atomic mass is 9.81. The average molecular weight is 334 g/mol. The number of hydrogen-bond donors (Lipinski definition) is 1. The van der Waals surface area contributed by atoms with Gasteiger partial charge in [0, 0.05) is 5.57 Å². The zero-order chi connectivity index (χ0) is 17.5. The quantitative estimate of drug-likeness (QED) is 0.542. The van der Waals surface area contributed by atoms with Gasteiger partial charge in [0.15, 0.2) is 0 Å². The third-order valence-corrected chi connectivity index (χ3v) is 6.07. The van der Waals surface area contributed by atoms with Crippen LogP contribution in [0.3, 0.4) is 0 Å². The summed E-state index contributed by atoms with van der Waals surface area (Å²) in [6, 6.07) is 0. The van der Waals surface area contributed by atoms with Crippen LogP contribution in [0.2, 0.25) is 0 Å². The minimum atomic E-state index is -0.748. The van der Waals surface area contributed by atoms with Gasteiger partial charge in [-0.15, -0.1) is 0 Å². The fourth-order valence-electron chi connectivity index (χ4n) is 4.17. The first-order chi connectivity index (χ1) is 11.3. The van der Waals surface area contributed by atoms with Crippen molar-refractivity contribution in [1.82, 2.24) is 0 Å². The van der Waals surface area contributed by atoms with Crippen molar-refractivity contribution in [3.8, 4) is 0 Å². The van der Waals surface area contributed by atoms with Crippen molar-refractivity contribution in [2.75, 3.05) is 0 Å². The number of rotatable bonds is 0. The standard InChI is InChI=1S/C20H30O4/c1-12-5-8-18-20(4,22)10-9-16(23-18)13(2)6-7-15-14(3)19(21)24-17(15)11-12/h11,13,16-18,22H,5-10H2,1-4H3/b12-11+/t13-,16-,17-,18+,20-/m0/s1. The summed E-state index contributed by atoms with van der Waals surface area (Å²) in [6.07, 6.45) is 7.13. The van der Waals surface area contributed by atoms with Crippen LogP contribution in [0.15, 0.2) is 22.8 Å². The number of carbonyl (C=O) groups is 1. The summed E-state index contributed by atoms with van der Waals surface area (Å²) < 4.78 is 11.9. The minimum Gasteiger partial charge on any atom is -0.450 e. The first-order valence-corrected chi connectivity index (χ1v) is 9.23. The third-order valence-electron chi connectivity index (χ3n) is 6.07. The van der Waals surface area contributed by atoms with E-state index in [4.69, 9.17) is 9.47 Å². The molecule has 134 valence electrons. The highest BCUT2D eigenvalue weighted by Gasteiger charge is 2.41. The summed E-state index contributed by atoms with van der Waals surface area (Å²) in [6.45, 7) is 8.06. The van der Waals surface area contributed by atoms with Crippen LogP contribution < -0.4 is 0 Å². The molecule has 3 heterocycles. The third kappa shape index (κ3) is 3.45. The van der Waals surface area contributed by atoms with E-state index >= 15 is 0 Å². The molecule has 24 heavy (non-hydrogen) atoms. The summed E-state index contributed by atoms with van der Waals surface area (Å²) in [5.74, 6) is 0.226. The number of esters is 1. The molecule has 0 spiro atoms. The van der Waals surface area contributed by atoms with E-state index in [1.165, 1.54) is 5.57 Å². The zero-order valence-corrected chi connectivity index (χ0v) is 15.3. The molecule has 4 heteroatoms. The zero-order valence-electron chi connectivity index (χ0n) is 15.3. The second-order valence-electron chi connectivity index (χ2n) is 8.10. The van der Waals surface area contributed by atoms with Gasteiger partial charge in [-0.25, -0.2) is 4.79 Å². The van der Waals surface area contributed by atoms with Crippen LogP contribution in [-0.4, -0.2) is 35.0 Å². The van der Waals surface area contributed by atoms with Crippen LogP contribution in [0.5, 0.6) is 0 Å². The number of hydrogen-bond acceptors (Lipinski definition) is 4. The predicted octanol–water partition coefficient (Wildman–Crippen LogP) is 3.68. The number of carbonyl (C=O) groups excluding carboxylic acids is 1. The van der Waals surface area contributed by atoms with Crippen molar-refractivity contribution in [2.45, 2.75) is 90.1 Å². The van der Waals surface area contributed by atoms with E-state index < -0.39 is 5.60 Å². The van der Waals surface area contributed by atoms with E-state index in [9.17, 15) is 9.90 Å². The van der Waals surface area contributed by atoms with Crippen molar-refractivity contribution in [3.63, 3.8) is 0 Å². The number of ether oxygens (including phenoxy) is 2. The van der Waals surface area contributed by atoms with Gasteiger partial charge >= 0.3 is 5.97 Å². The summed E-state index contributed by atoms with van der Waals surface area (Å²) in [5.41, 5.74) is 2.35. The molecule has 3 aliphatic heterocycles. The molecule has 0 aromatic carbocycles. The Morgan fingerprint density at radius 3 is 2.71 bits per heavy atom. The van der Waals surface area contributed by atoms with Crippen molar-refractivity contribution in [1.29, 1.82) is 0 Å². The Hall–Kier alpha value is -1.13. The van der Waals surface area contributed by atoms with Crippen LogP contribution in [0.4, 0.5) is 0 Å². The van der Waals surface area contributed by atoms with E-state index in [2.05, 4.69) is 19.9 Å². The summed E-state index contributed by atoms with van der Waals surface area (Å²) in [5, 5.41) is 10.7. The second-order valence-corrected chi connectivity index (χ2v) is 8.10. The van der Waals surface area contributed by atoms with Crippen LogP contribution in [0, 0.1) is 5.92 Å². The molecule has 0 saturated carbocycles. The van der Waals surface area contributed by atoms with Crippen molar-refractivity contribution in [3.05, 3.63) is 22.8 Å². The molecule has 0 radical (unpaired) electrons. The maximum Gasteiger partial charge on any atom is 0.334 e. The first-order valence-electron chi connectivity index (χ1n) is 9.23. The smallest absolute Gasteiger partial charge is 0.334 e. The van der Waals surface area contributed by atoms with Crippen LogP contribution >= 0.6 is 0 Å². The van der Waals surface area contributed by atoms with Gasteiger partial charge in [0.25, 0.3) is 0 Å². The fourth-order valence-corrected chi connectivity index (χ4v) is 4.17. The van der Waals surface area contributed by atoms with Crippen molar-refractivity contribution >= 4 is 5.97 Å². The molecule has 1 saturated heterocycles. The molecule has 2 bridgehead atoms. The molecule has 0 amide bonds. The molecule has 0 aliphatic carbocycles. The summed E-state index contributed by atoms with van der Waals surface area (Å²) in [7, 11) is 0. The van der Waals surface area contributed by atoms with E-state index in [-0.39, 0.29) is 24.3 Å². The van der Waals surface area contributed by atoms with Gasteiger partial charge in [-0.3, -0.25) is 0 Å². The largest absolute Gasteiger partial charge is 0.450 e. The van der Waals surface area contributed by atoms with E-state index in [1.807, 2.05) is 13.8 Å². The van der Waals surface area contributed by atoms with Gasteiger partial charge < -0.3 is 14.6 Å². The molecule has 0 aromatic rings. The molecule has 0 aromatic heterocycles.